The first-order valence-corrected chi connectivity index (χ1v) is 10.2. The molecule has 0 aromatic carbocycles. The lowest BCUT2D eigenvalue weighted by molar-refractivity contribution is -0.126. The van der Waals surface area contributed by atoms with Crippen LogP contribution in [0.25, 0.3) is 0 Å². The Bertz CT molecular complexity index is 676. The van der Waals surface area contributed by atoms with Crippen molar-refractivity contribution in [3.8, 4) is 0 Å². The number of methoxy groups -OCH3 is 1. The first kappa shape index (κ1) is 20.8. The van der Waals surface area contributed by atoms with Crippen LogP contribution in [0, 0.1) is 19.8 Å². The van der Waals surface area contributed by atoms with E-state index < -0.39 is 10.0 Å². The summed E-state index contributed by atoms with van der Waals surface area (Å²) < 4.78 is 36.9. The molecule has 1 fully saturated rings. The molecule has 1 aliphatic rings. The Morgan fingerprint density at radius 3 is 2.54 bits per heavy atom. The molecule has 2 heterocycles. The van der Waals surface area contributed by atoms with Gasteiger partial charge in [-0.25, -0.2) is 8.42 Å². The Hall–Kier alpha value is -1.49. The molecule has 1 aromatic rings. The van der Waals surface area contributed by atoms with Gasteiger partial charge in [0.1, 0.15) is 10.6 Å². The number of aromatic nitrogens is 1. The molecule has 0 spiro atoms. The van der Waals surface area contributed by atoms with Crippen molar-refractivity contribution in [3.05, 3.63) is 11.5 Å². The fourth-order valence-corrected chi connectivity index (χ4v) is 4.81. The zero-order valence-corrected chi connectivity index (χ0v) is 16.4. The van der Waals surface area contributed by atoms with Crippen LogP contribution in [-0.4, -0.2) is 70.2 Å². The van der Waals surface area contributed by atoms with Crippen LogP contribution in [0.1, 0.15) is 24.3 Å². The van der Waals surface area contributed by atoms with Crippen molar-refractivity contribution in [1.29, 1.82) is 0 Å². The summed E-state index contributed by atoms with van der Waals surface area (Å²) in [6, 6.07) is 0. The van der Waals surface area contributed by atoms with Crippen LogP contribution in [0.3, 0.4) is 0 Å². The summed E-state index contributed by atoms with van der Waals surface area (Å²) in [4.78, 5) is 12.4. The van der Waals surface area contributed by atoms with Crippen LogP contribution in [0.15, 0.2) is 9.42 Å². The van der Waals surface area contributed by atoms with Crippen LogP contribution in [0.2, 0.25) is 0 Å². The highest BCUT2D eigenvalue weighted by Gasteiger charge is 2.35. The van der Waals surface area contributed by atoms with E-state index in [0.717, 1.165) is 6.54 Å². The zero-order chi connectivity index (χ0) is 19.2. The molecule has 1 aliphatic heterocycles. The molecule has 148 valence electrons. The van der Waals surface area contributed by atoms with E-state index in [4.69, 9.17) is 9.26 Å². The molecule has 26 heavy (non-hydrogen) atoms. The molecule has 1 amide bonds. The molecule has 1 aromatic heterocycles. The maximum atomic E-state index is 12.8. The Morgan fingerprint density at radius 2 is 1.96 bits per heavy atom. The van der Waals surface area contributed by atoms with Gasteiger partial charge in [-0.15, -0.1) is 0 Å². The zero-order valence-electron chi connectivity index (χ0n) is 15.6. The minimum atomic E-state index is -3.64. The lowest BCUT2D eigenvalue weighted by Crippen LogP contribution is -2.44. The number of ether oxygens (including phenoxy) is 1. The van der Waals surface area contributed by atoms with Crippen molar-refractivity contribution in [3.63, 3.8) is 0 Å². The van der Waals surface area contributed by atoms with E-state index >= 15 is 0 Å². The Labute approximate surface area is 154 Å². The largest absolute Gasteiger partial charge is 0.383 e. The van der Waals surface area contributed by atoms with Gasteiger partial charge in [-0.05, 0) is 26.7 Å². The van der Waals surface area contributed by atoms with Gasteiger partial charge in [0.15, 0.2) is 5.76 Å². The fourth-order valence-electron chi connectivity index (χ4n) is 3.05. The van der Waals surface area contributed by atoms with E-state index in [-0.39, 0.29) is 16.7 Å². The highest BCUT2D eigenvalue weighted by atomic mass is 32.2. The lowest BCUT2D eigenvalue weighted by Gasteiger charge is -2.30. The molecule has 2 N–H and O–H groups in total. The number of aryl methyl sites for hydroxylation is 2. The van der Waals surface area contributed by atoms with Gasteiger partial charge in [0.2, 0.25) is 15.9 Å². The molecule has 0 saturated carbocycles. The standard InChI is InChI=1S/C16H28N4O5S/c1-12-15(13(2)25-19-12)26(22,23)20-9-4-14(5-10-20)16(21)18-7-6-17-8-11-24-3/h14,17H,4-11H2,1-3H3,(H,18,21). The SMILES string of the molecule is COCCNCCNC(=O)C1CCN(S(=O)(=O)c2c(C)noc2C)CC1. The maximum Gasteiger partial charge on any atom is 0.248 e. The predicted molar refractivity (Wildman–Crippen MR) is 95.2 cm³/mol. The molecule has 2 rings (SSSR count). The molecular weight excluding hydrogens is 360 g/mol. The molecule has 10 heteroatoms. The van der Waals surface area contributed by atoms with Gasteiger partial charge >= 0.3 is 0 Å². The molecule has 0 atom stereocenters. The topological polar surface area (TPSA) is 114 Å². The third-order valence-corrected chi connectivity index (χ3v) is 6.62. The van der Waals surface area contributed by atoms with E-state index in [9.17, 15) is 13.2 Å². The highest BCUT2D eigenvalue weighted by Crippen LogP contribution is 2.27. The van der Waals surface area contributed by atoms with Crippen LogP contribution in [0.4, 0.5) is 0 Å². The molecule has 0 unspecified atom stereocenters. The van der Waals surface area contributed by atoms with Gasteiger partial charge in [-0.2, -0.15) is 4.31 Å². The number of piperidine rings is 1. The minimum Gasteiger partial charge on any atom is -0.383 e. The first-order chi connectivity index (χ1) is 12.4. The van der Waals surface area contributed by atoms with Crippen molar-refractivity contribution in [2.24, 2.45) is 5.92 Å². The second-order valence-electron chi connectivity index (χ2n) is 6.37. The van der Waals surface area contributed by atoms with Gasteiger partial charge in [0.25, 0.3) is 0 Å². The lowest BCUT2D eigenvalue weighted by atomic mass is 9.97. The molecule has 0 radical (unpaired) electrons. The van der Waals surface area contributed by atoms with E-state index in [2.05, 4.69) is 15.8 Å². The van der Waals surface area contributed by atoms with Crippen molar-refractivity contribution in [1.82, 2.24) is 20.1 Å². The maximum absolute atomic E-state index is 12.8. The molecule has 1 saturated heterocycles. The van der Waals surface area contributed by atoms with Gasteiger partial charge in [-0.1, -0.05) is 5.16 Å². The average molecular weight is 388 g/mol. The quantitative estimate of drug-likeness (QED) is 0.574. The average Bonchev–Trinajstić information content (AvgIpc) is 2.97. The molecular formula is C16H28N4O5S. The molecule has 9 nitrogen and oxygen atoms in total. The van der Waals surface area contributed by atoms with Crippen LogP contribution in [-0.2, 0) is 19.6 Å². The Balaban J connectivity index is 1.80. The normalized spacial score (nSPS) is 16.7. The smallest absolute Gasteiger partial charge is 0.248 e. The Kier molecular flexibility index (Phi) is 7.56. The van der Waals surface area contributed by atoms with Gasteiger partial charge in [-0.3, -0.25) is 4.79 Å². The van der Waals surface area contributed by atoms with E-state index in [0.29, 0.717) is 57.1 Å². The summed E-state index contributed by atoms with van der Waals surface area (Å²) in [5.74, 6) is 0.112. The third kappa shape index (κ3) is 5.03. The molecule has 0 aliphatic carbocycles. The monoisotopic (exact) mass is 388 g/mol. The second-order valence-corrected chi connectivity index (χ2v) is 8.24. The summed E-state index contributed by atoms with van der Waals surface area (Å²) in [6.45, 7) is 6.43. The van der Waals surface area contributed by atoms with E-state index in [1.165, 1.54) is 4.31 Å². The first-order valence-electron chi connectivity index (χ1n) is 8.78. The Morgan fingerprint density at radius 1 is 1.27 bits per heavy atom. The number of nitrogens with zero attached hydrogens (tertiary/aromatic N) is 2. The highest BCUT2D eigenvalue weighted by molar-refractivity contribution is 7.89. The number of nitrogens with one attached hydrogen (secondary N) is 2. The molecule has 0 bridgehead atoms. The number of hydrogen-bond acceptors (Lipinski definition) is 7. The van der Waals surface area contributed by atoms with E-state index in [1.807, 2.05) is 0 Å². The number of amides is 1. The number of sulfonamides is 1. The third-order valence-electron chi connectivity index (χ3n) is 4.47. The number of carbonyl (C=O) groups is 1. The van der Waals surface area contributed by atoms with Crippen molar-refractivity contribution < 1.29 is 22.5 Å². The van der Waals surface area contributed by atoms with Crippen LogP contribution >= 0.6 is 0 Å². The summed E-state index contributed by atoms with van der Waals surface area (Å²) in [7, 11) is -1.99. The van der Waals surface area contributed by atoms with Gasteiger partial charge in [0.05, 0.1) is 6.61 Å². The number of hydrogen-bond donors (Lipinski definition) is 2. The summed E-state index contributed by atoms with van der Waals surface area (Å²) >= 11 is 0. The fraction of sp³-hybridized carbons (Fsp3) is 0.750. The second kappa shape index (κ2) is 9.45. The summed E-state index contributed by atoms with van der Waals surface area (Å²) in [5.41, 5.74) is 0.364. The minimum absolute atomic E-state index is 0.0204. The van der Waals surface area contributed by atoms with Crippen molar-refractivity contribution in [2.45, 2.75) is 31.6 Å². The predicted octanol–water partition coefficient (Wildman–Crippen LogP) is 0.0443. The van der Waals surface area contributed by atoms with Crippen molar-refractivity contribution in [2.75, 3.05) is 46.4 Å². The van der Waals surface area contributed by atoms with Crippen LogP contribution in [0.5, 0.6) is 0 Å². The van der Waals surface area contributed by atoms with Crippen LogP contribution < -0.4 is 10.6 Å². The van der Waals surface area contributed by atoms with Gasteiger partial charge in [0, 0.05) is 45.8 Å². The van der Waals surface area contributed by atoms with E-state index in [1.54, 1.807) is 21.0 Å². The number of carbonyl (C=O) groups excluding carboxylic acids is 1. The van der Waals surface area contributed by atoms with Gasteiger partial charge < -0.3 is 19.9 Å². The van der Waals surface area contributed by atoms with Crippen molar-refractivity contribution >= 4 is 15.9 Å². The summed E-state index contributed by atoms with van der Waals surface area (Å²) in [5, 5.41) is 9.77. The number of rotatable bonds is 9. The summed E-state index contributed by atoms with van der Waals surface area (Å²) in [6.07, 6.45) is 1.01.